The predicted octanol–water partition coefficient (Wildman–Crippen LogP) is 1.88. The van der Waals surface area contributed by atoms with Gasteiger partial charge in [-0.25, -0.2) is 0 Å². The van der Waals surface area contributed by atoms with Crippen LogP contribution in [-0.4, -0.2) is 19.9 Å². The second-order valence-corrected chi connectivity index (χ2v) is 2.83. The number of halogens is 2. The van der Waals surface area contributed by atoms with Crippen LogP contribution in [0.3, 0.4) is 0 Å². The van der Waals surface area contributed by atoms with Crippen LogP contribution in [-0.2, 0) is 0 Å². The van der Waals surface area contributed by atoms with Gasteiger partial charge in [-0.15, -0.1) is 24.8 Å². The Balaban J connectivity index is 0. The summed E-state index contributed by atoms with van der Waals surface area (Å²) in [5.74, 6) is 0.110. The van der Waals surface area contributed by atoms with Gasteiger partial charge in [-0.05, 0) is 12.1 Å². The zero-order valence-corrected chi connectivity index (χ0v) is 9.78. The minimum Gasteiger partial charge on any atom is -0.384 e. The quantitative estimate of drug-likeness (QED) is 0.608. The van der Waals surface area contributed by atoms with Gasteiger partial charge in [0.1, 0.15) is 5.84 Å². The number of anilines is 1. The second kappa shape index (κ2) is 6.51. The Morgan fingerprint density at radius 1 is 1.21 bits per heavy atom. The zero-order chi connectivity index (χ0) is 9.14. The van der Waals surface area contributed by atoms with E-state index in [1.165, 1.54) is 0 Å². The Morgan fingerprint density at radius 2 is 1.71 bits per heavy atom. The number of hydrogen-bond donors (Lipinski definition) is 2. The van der Waals surface area contributed by atoms with E-state index in [2.05, 4.69) is 0 Å². The van der Waals surface area contributed by atoms with E-state index < -0.39 is 0 Å². The van der Waals surface area contributed by atoms with Gasteiger partial charge in [-0.3, -0.25) is 5.41 Å². The van der Waals surface area contributed by atoms with Gasteiger partial charge in [0, 0.05) is 25.3 Å². The Labute approximate surface area is 96.6 Å². The Kier molecular flexibility index (Phi) is 7.23. The summed E-state index contributed by atoms with van der Waals surface area (Å²) in [6, 6.07) is 7.60. The zero-order valence-electron chi connectivity index (χ0n) is 8.15. The average molecular weight is 236 g/mol. The molecule has 0 radical (unpaired) electrons. The normalized spacial score (nSPS) is 8.14. The highest BCUT2D eigenvalue weighted by Gasteiger charge is 2.04. The fourth-order valence-electron chi connectivity index (χ4n) is 1.09. The molecule has 3 N–H and O–H groups in total. The van der Waals surface area contributed by atoms with Gasteiger partial charge in [0.15, 0.2) is 0 Å². The van der Waals surface area contributed by atoms with Gasteiger partial charge in [0.2, 0.25) is 0 Å². The lowest BCUT2D eigenvalue weighted by Gasteiger charge is -2.15. The summed E-state index contributed by atoms with van der Waals surface area (Å²) in [4.78, 5) is 1.94. The van der Waals surface area contributed by atoms with E-state index in [9.17, 15) is 0 Å². The van der Waals surface area contributed by atoms with Crippen LogP contribution in [0.4, 0.5) is 5.69 Å². The van der Waals surface area contributed by atoms with E-state index >= 15 is 0 Å². The molecule has 0 aromatic heterocycles. The maximum atomic E-state index is 7.32. The number of nitrogens with two attached hydrogens (primary N) is 1. The number of rotatable bonds is 2. The fraction of sp³-hybridized carbons (Fsp3) is 0.222. The molecule has 0 amide bonds. The van der Waals surface area contributed by atoms with Gasteiger partial charge in [-0.2, -0.15) is 0 Å². The number of amidine groups is 1. The molecule has 0 aliphatic heterocycles. The molecule has 0 bridgehead atoms. The standard InChI is InChI=1S/C9H13N3.2ClH/c1-12(2)8-6-4-3-5-7(8)9(10)11;;/h3-6H,1-2H3,(H3,10,11);2*1H. The van der Waals surface area contributed by atoms with E-state index in [1.54, 1.807) is 0 Å². The van der Waals surface area contributed by atoms with Gasteiger partial charge in [0.25, 0.3) is 0 Å². The Bertz CT molecular complexity index is 300. The summed E-state index contributed by atoms with van der Waals surface area (Å²) >= 11 is 0. The highest BCUT2D eigenvalue weighted by Crippen LogP contribution is 2.16. The molecule has 1 aromatic rings. The Morgan fingerprint density at radius 3 is 2.07 bits per heavy atom. The van der Waals surface area contributed by atoms with Crippen LogP contribution in [0.1, 0.15) is 5.56 Å². The lowest BCUT2D eigenvalue weighted by atomic mass is 10.1. The molecule has 0 atom stereocenters. The summed E-state index contributed by atoms with van der Waals surface area (Å²) in [7, 11) is 3.86. The lowest BCUT2D eigenvalue weighted by molar-refractivity contribution is 1.12. The van der Waals surface area contributed by atoms with Crippen molar-refractivity contribution in [3.05, 3.63) is 29.8 Å². The minimum atomic E-state index is 0. The minimum absolute atomic E-state index is 0. The smallest absolute Gasteiger partial charge is 0.124 e. The van der Waals surface area contributed by atoms with E-state index in [0.29, 0.717) is 0 Å². The first-order valence-electron chi connectivity index (χ1n) is 3.73. The molecule has 1 aromatic carbocycles. The van der Waals surface area contributed by atoms with Gasteiger partial charge in [0.05, 0.1) is 0 Å². The van der Waals surface area contributed by atoms with Gasteiger partial charge in [-0.1, -0.05) is 12.1 Å². The van der Waals surface area contributed by atoms with Crippen LogP contribution in [0.25, 0.3) is 0 Å². The maximum absolute atomic E-state index is 7.32. The van der Waals surface area contributed by atoms with Crippen molar-refractivity contribution in [2.45, 2.75) is 0 Å². The van der Waals surface area contributed by atoms with Crippen LogP contribution in [0.15, 0.2) is 24.3 Å². The molecular weight excluding hydrogens is 221 g/mol. The summed E-state index contributed by atoms with van der Waals surface area (Å²) in [6.45, 7) is 0. The van der Waals surface area contributed by atoms with Crippen molar-refractivity contribution >= 4 is 36.3 Å². The molecule has 0 aliphatic rings. The first-order chi connectivity index (χ1) is 5.63. The molecule has 0 saturated carbocycles. The molecule has 0 fully saturated rings. The molecule has 0 heterocycles. The number of hydrogen-bond acceptors (Lipinski definition) is 2. The van der Waals surface area contributed by atoms with Gasteiger partial charge >= 0.3 is 0 Å². The molecule has 1 rings (SSSR count). The van der Waals surface area contributed by atoms with Gasteiger partial charge < -0.3 is 10.6 Å². The molecule has 0 saturated heterocycles. The van der Waals surface area contributed by atoms with Crippen molar-refractivity contribution < 1.29 is 0 Å². The van der Waals surface area contributed by atoms with E-state index in [4.69, 9.17) is 11.1 Å². The average Bonchev–Trinajstić information content (AvgIpc) is 2.04. The first kappa shape index (κ1) is 15.5. The molecule has 0 spiro atoms. The third-order valence-electron chi connectivity index (χ3n) is 1.68. The van der Waals surface area contributed by atoms with E-state index in [0.717, 1.165) is 11.3 Å². The van der Waals surface area contributed by atoms with E-state index in [1.807, 2.05) is 43.3 Å². The van der Waals surface area contributed by atoms with Crippen LogP contribution < -0.4 is 10.6 Å². The largest absolute Gasteiger partial charge is 0.384 e. The third kappa shape index (κ3) is 3.44. The lowest BCUT2D eigenvalue weighted by Crippen LogP contribution is -2.18. The summed E-state index contributed by atoms with van der Waals surface area (Å²) in [5, 5.41) is 7.32. The topological polar surface area (TPSA) is 53.1 Å². The van der Waals surface area contributed by atoms with E-state index in [-0.39, 0.29) is 30.6 Å². The number of nitrogens with zero attached hydrogens (tertiary/aromatic N) is 1. The molecule has 0 aliphatic carbocycles. The number of nitrogens with one attached hydrogen (secondary N) is 1. The SMILES string of the molecule is CN(C)c1ccccc1C(=N)N.Cl.Cl. The molecule has 3 nitrogen and oxygen atoms in total. The first-order valence-corrected chi connectivity index (χ1v) is 3.73. The van der Waals surface area contributed by atoms with Crippen molar-refractivity contribution in [2.24, 2.45) is 5.73 Å². The van der Waals surface area contributed by atoms with Crippen molar-refractivity contribution in [3.8, 4) is 0 Å². The number of para-hydroxylation sites is 1. The highest BCUT2D eigenvalue weighted by molar-refractivity contribution is 6.00. The summed E-state index contributed by atoms with van der Waals surface area (Å²) in [5.41, 5.74) is 7.17. The maximum Gasteiger partial charge on any atom is 0.124 e. The third-order valence-corrected chi connectivity index (χ3v) is 1.68. The second-order valence-electron chi connectivity index (χ2n) is 2.83. The highest BCUT2D eigenvalue weighted by atomic mass is 35.5. The summed E-state index contributed by atoms with van der Waals surface area (Å²) < 4.78 is 0. The monoisotopic (exact) mass is 235 g/mol. The van der Waals surface area contributed by atoms with Crippen molar-refractivity contribution in [3.63, 3.8) is 0 Å². The van der Waals surface area contributed by atoms with Crippen LogP contribution in [0.5, 0.6) is 0 Å². The number of benzene rings is 1. The Hall–Kier alpha value is -0.930. The van der Waals surface area contributed by atoms with Crippen LogP contribution in [0, 0.1) is 5.41 Å². The molecule has 0 unspecified atom stereocenters. The van der Waals surface area contributed by atoms with Crippen LogP contribution in [0.2, 0.25) is 0 Å². The van der Waals surface area contributed by atoms with Crippen LogP contribution >= 0.6 is 24.8 Å². The summed E-state index contributed by atoms with van der Waals surface area (Å²) in [6.07, 6.45) is 0. The van der Waals surface area contributed by atoms with Crippen molar-refractivity contribution in [1.29, 1.82) is 5.41 Å². The number of nitrogen functional groups attached to an aromatic ring is 1. The predicted molar refractivity (Wildman–Crippen MR) is 66.3 cm³/mol. The van der Waals surface area contributed by atoms with Crippen molar-refractivity contribution in [1.82, 2.24) is 0 Å². The molecule has 5 heteroatoms. The molecular formula is C9H15Cl2N3. The fourth-order valence-corrected chi connectivity index (χ4v) is 1.09. The molecule has 14 heavy (non-hydrogen) atoms. The molecule has 80 valence electrons. The van der Waals surface area contributed by atoms with Crippen molar-refractivity contribution in [2.75, 3.05) is 19.0 Å².